The smallest absolute Gasteiger partial charge is 0.341 e. The molecule has 0 saturated heterocycles. The van der Waals surface area contributed by atoms with E-state index in [0.29, 0.717) is 16.5 Å². The van der Waals surface area contributed by atoms with Crippen molar-refractivity contribution in [2.24, 2.45) is 0 Å². The summed E-state index contributed by atoms with van der Waals surface area (Å²) in [6.45, 7) is 4.72. The number of carbonyl (C=O) groups is 3. The minimum atomic E-state index is -0.724. The Morgan fingerprint density at radius 2 is 2.11 bits per heavy atom. The number of ether oxygens (including phenoxy) is 1. The Hall–Kier alpha value is -2.88. The average Bonchev–Trinajstić information content (AvgIpc) is 3.02. The van der Waals surface area contributed by atoms with E-state index < -0.39 is 24.5 Å². The molecule has 0 saturated carbocycles. The van der Waals surface area contributed by atoms with Gasteiger partial charge in [0.05, 0.1) is 11.3 Å². The van der Waals surface area contributed by atoms with Gasteiger partial charge in [-0.2, -0.15) is 0 Å². The van der Waals surface area contributed by atoms with Gasteiger partial charge in [-0.1, -0.05) is 16.9 Å². The second-order valence-electron chi connectivity index (χ2n) is 5.83. The molecule has 0 fully saturated rings. The predicted octanol–water partition coefficient (Wildman–Crippen LogP) is 2.06. The second-order valence-corrected chi connectivity index (χ2v) is 6.79. The first-order valence-electron chi connectivity index (χ1n) is 8.12. The molecule has 0 atom stereocenters. The number of rotatable bonds is 7. The maximum Gasteiger partial charge on any atom is 0.341 e. The molecule has 0 bridgehead atoms. The van der Waals surface area contributed by atoms with Crippen LogP contribution in [0.5, 0.6) is 0 Å². The second kappa shape index (κ2) is 9.72. The average molecular weight is 392 g/mol. The SMILES string of the molecule is Cc1cc(CSc2ncccc2C(=O)OCC(=O)NC(=O)NC(C)C)no1. The molecule has 2 heterocycles. The normalized spacial score (nSPS) is 10.5. The van der Waals surface area contributed by atoms with Crippen LogP contribution in [-0.4, -0.2) is 40.7 Å². The van der Waals surface area contributed by atoms with E-state index in [1.54, 1.807) is 45.2 Å². The molecule has 10 heteroatoms. The molecule has 9 nitrogen and oxygen atoms in total. The van der Waals surface area contributed by atoms with Crippen LogP contribution in [0.2, 0.25) is 0 Å². The van der Waals surface area contributed by atoms with Gasteiger partial charge in [-0.3, -0.25) is 10.1 Å². The standard InChI is InChI=1S/C17H20N4O5S/c1-10(2)19-17(24)20-14(22)8-25-16(23)13-5-4-6-18-15(13)27-9-12-7-11(3)26-21-12/h4-7,10H,8-9H2,1-3H3,(H2,19,20,22,24). The van der Waals surface area contributed by atoms with Gasteiger partial charge in [0.2, 0.25) is 0 Å². The number of hydrogen-bond acceptors (Lipinski definition) is 8. The van der Waals surface area contributed by atoms with Crippen LogP contribution in [0.25, 0.3) is 0 Å². The lowest BCUT2D eigenvalue weighted by Gasteiger charge is -2.10. The van der Waals surface area contributed by atoms with Crippen molar-refractivity contribution in [3.63, 3.8) is 0 Å². The van der Waals surface area contributed by atoms with Gasteiger partial charge in [0.25, 0.3) is 5.91 Å². The molecule has 0 spiro atoms. The van der Waals surface area contributed by atoms with E-state index in [2.05, 4.69) is 20.8 Å². The fourth-order valence-corrected chi connectivity index (χ4v) is 2.82. The monoisotopic (exact) mass is 392 g/mol. The molecule has 2 N–H and O–H groups in total. The first-order chi connectivity index (χ1) is 12.8. The van der Waals surface area contributed by atoms with Crippen molar-refractivity contribution >= 4 is 29.7 Å². The molecule has 0 aliphatic heterocycles. The summed E-state index contributed by atoms with van der Waals surface area (Å²) in [5.74, 6) is -0.275. The first kappa shape index (κ1) is 20.4. The quantitative estimate of drug-likeness (QED) is 0.542. The first-order valence-corrected chi connectivity index (χ1v) is 9.11. The summed E-state index contributed by atoms with van der Waals surface area (Å²) >= 11 is 1.29. The van der Waals surface area contributed by atoms with Crippen molar-refractivity contribution in [1.82, 2.24) is 20.8 Å². The number of amides is 3. The van der Waals surface area contributed by atoms with Gasteiger partial charge in [0.1, 0.15) is 10.8 Å². The van der Waals surface area contributed by atoms with Crippen LogP contribution >= 0.6 is 11.8 Å². The molecule has 3 amide bonds. The van der Waals surface area contributed by atoms with Crippen molar-refractivity contribution in [3.05, 3.63) is 41.4 Å². The molecule has 0 aromatic carbocycles. The number of nitrogens with one attached hydrogen (secondary N) is 2. The van der Waals surface area contributed by atoms with E-state index >= 15 is 0 Å². The van der Waals surface area contributed by atoms with Gasteiger partial charge < -0.3 is 14.6 Å². The van der Waals surface area contributed by atoms with Gasteiger partial charge in [-0.05, 0) is 32.9 Å². The van der Waals surface area contributed by atoms with Crippen molar-refractivity contribution in [3.8, 4) is 0 Å². The zero-order chi connectivity index (χ0) is 19.8. The molecule has 0 radical (unpaired) electrons. The molecule has 144 valence electrons. The summed E-state index contributed by atoms with van der Waals surface area (Å²) in [5, 5.41) is 8.90. The zero-order valence-corrected chi connectivity index (χ0v) is 16.0. The van der Waals surface area contributed by atoms with E-state index in [1.165, 1.54) is 11.8 Å². The summed E-state index contributed by atoms with van der Waals surface area (Å²) in [6, 6.07) is 4.17. The number of pyridine rings is 1. The third-order valence-electron chi connectivity index (χ3n) is 3.03. The summed E-state index contributed by atoms with van der Waals surface area (Å²) in [5.41, 5.74) is 0.945. The molecular formula is C17H20N4O5S. The number of nitrogens with zero attached hydrogens (tertiary/aromatic N) is 2. The summed E-state index contributed by atoms with van der Waals surface area (Å²) in [7, 11) is 0. The van der Waals surface area contributed by atoms with Crippen LogP contribution in [0.1, 0.15) is 35.7 Å². The van der Waals surface area contributed by atoms with Gasteiger partial charge in [0.15, 0.2) is 6.61 Å². The van der Waals surface area contributed by atoms with E-state index in [0.717, 1.165) is 5.69 Å². The van der Waals surface area contributed by atoms with Gasteiger partial charge >= 0.3 is 12.0 Å². The van der Waals surface area contributed by atoms with Crippen molar-refractivity contribution in [1.29, 1.82) is 0 Å². The Morgan fingerprint density at radius 1 is 1.33 bits per heavy atom. The van der Waals surface area contributed by atoms with Gasteiger partial charge in [0, 0.05) is 24.1 Å². The lowest BCUT2D eigenvalue weighted by molar-refractivity contribution is -0.123. The van der Waals surface area contributed by atoms with Crippen LogP contribution in [0.15, 0.2) is 33.9 Å². The Morgan fingerprint density at radius 3 is 2.78 bits per heavy atom. The van der Waals surface area contributed by atoms with Crippen LogP contribution in [0.4, 0.5) is 4.79 Å². The van der Waals surface area contributed by atoms with E-state index in [9.17, 15) is 14.4 Å². The van der Waals surface area contributed by atoms with Crippen molar-refractivity contribution in [2.75, 3.05) is 6.61 Å². The number of aryl methyl sites for hydroxylation is 1. The van der Waals surface area contributed by atoms with Crippen LogP contribution in [0.3, 0.4) is 0 Å². The van der Waals surface area contributed by atoms with Crippen LogP contribution < -0.4 is 10.6 Å². The third-order valence-corrected chi connectivity index (χ3v) is 4.07. The predicted molar refractivity (Wildman–Crippen MR) is 97.1 cm³/mol. The highest BCUT2D eigenvalue weighted by Crippen LogP contribution is 2.24. The van der Waals surface area contributed by atoms with E-state index in [4.69, 9.17) is 9.26 Å². The summed E-state index contributed by atoms with van der Waals surface area (Å²) in [6.07, 6.45) is 1.55. The molecular weight excluding hydrogens is 372 g/mol. The number of aromatic nitrogens is 2. The Balaban J connectivity index is 1.90. The largest absolute Gasteiger partial charge is 0.452 e. The topological polar surface area (TPSA) is 123 Å². The summed E-state index contributed by atoms with van der Waals surface area (Å²) < 4.78 is 9.97. The maximum absolute atomic E-state index is 12.3. The van der Waals surface area contributed by atoms with Crippen LogP contribution in [-0.2, 0) is 15.3 Å². The summed E-state index contributed by atoms with van der Waals surface area (Å²) in [4.78, 5) is 39.6. The van der Waals surface area contributed by atoms with Gasteiger partial charge in [-0.25, -0.2) is 14.6 Å². The maximum atomic E-state index is 12.3. The molecule has 0 unspecified atom stereocenters. The zero-order valence-electron chi connectivity index (χ0n) is 15.1. The highest BCUT2D eigenvalue weighted by atomic mass is 32.2. The number of thioether (sulfide) groups is 1. The fourth-order valence-electron chi connectivity index (χ4n) is 1.96. The lowest BCUT2D eigenvalue weighted by Crippen LogP contribution is -2.44. The molecule has 0 aliphatic carbocycles. The number of imide groups is 1. The molecule has 0 aliphatic rings. The van der Waals surface area contributed by atoms with Gasteiger partial charge in [-0.15, -0.1) is 0 Å². The van der Waals surface area contributed by atoms with Crippen molar-refractivity contribution < 1.29 is 23.6 Å². The number of esters is 1. The Labute approximate surface area is 160 Å². The highest BCUT2D eigenvalue weighted by Gasteiger charge is 2.17. The lowest BCUT2D eigenvalue weighted by atomic mass is 10.3. The van der Waals surface area contributed by atoms with E-state index in [-0.39, 0.29) is 11.6 Å². The van der Waals surface area contributed by atoms with E-state index in [1.807, 2.05) is 0 Å². The number of urea groups is 1. The molecule has 2 aromatic rings. The highest BCUT2D eigenvalue weighted by molar-refractivity contribution is 7.98. The fraction of sp³-hybridized carbons (Fsp3) is 0.353. The Kier molecular flexibility index (Phi) is 7.35. The number of carbonyl (C=O) groups excluding carboxylic acids is 3. The minimum absolute atomic E-state index is 0.121. The van der Waals surface area contributed by atoms with Crippen molar-refractivity contribution in [2.45, 2.75) is 37.6 Å². The minimum Gasteiger partial charge on any atom is -0.452 e. The third kappa shape index (κ3) is 6.74. The molecule has 2 rings (SSSR count). The molecule has 2 aromatic heterocycles. The Bertz CT molecular complexity index is 821. The van der Waals surface area contributed by atoms with Crippen LogP contribution in [0, 0.1) is 6.92 Å². The number of hydrogen-bond donors (Lipinski definition) is 2. The molecule has 27 heavy (non-hydrogen) atoms.